The first kappa shape index (κ1) is 12.2. The summed E-state index contributed by atoms with van der Waals surface area (Å²) in [5.41, 5.74) is 5.50. The Morgan fingerprint density at radius 3 is 2.88 bits per heavy atom. The van der Waals surface area contributed by atoms with E-state index in [0.29, 0.717) is 13.0 Å². The summed E-state index contributed by atoms with van der Waals surface area (Å²) in [6.07, 6.45) is 0.633. The summed E-state index contributed by atoms with van der Waals surface area (Å²) >= 11 is 0. The molecule has 0 aliphatic heterocycles. The van der Waals surface area contributed by atoms with Crippen LogP contribution in [0.2, 0.25) is 0 Å². The van der Waals surface area contributed by atoms with E-state index in [1.165, 1.54) is 6.07 Å². The lowest BCUT2D eigenvalue weighted by Gasteiger charge is -2.05. The van der Waals surface area contributed by atoms with Gasteiger partial charge in [0.05, 0.1) is 6.07 Å². The zero-order valence-corrected chi connectivity index (χ0v) is 8.80. The zero-order chi connectivity index (χ0) is 12.1. The van der Waals surface area contributed by atoms with E-state index in [0.717, 1.165) is 6.07 Å². The molecule has 7 heteroatoms. The molecule has 0 bridgehead atoms. The molecule has 0 spiro atoms. The van der Waals surface area contributed by atoms with E-state index in [4.69, 9.17) is 10.2 Å². The van der Waals surface area contributed by atoms with Crippen molar-refractivity contribution in [3.63, 3.8) is 0 Å². The molecule has 1 heterocycles. The maximum Gasteiger partial charge on any atom is 0.433 e. The van der Waals surface area contributed by atoms with Crippen molar-refractivity contribution in [2.24, 2.45) is 5.73 Å². The summed E-state index contributed by atoms with van der Waals surface area (Å²) in [6, 6.07) is 2.39. The number of nitrogens with zero attached hydrogens (tertiary/aromatic N) is 1. The van der Waals surface area contributed by atoms with Crippen molar-refractivity contribution in [2.45, 2.75) is 19.4 Å². The van der Waals surface area contributed by atoms with Crippen molar-refractivity contribution in [1.29, 1.82) is 0 Å². The SMILES string of the molecule is CC(N)CCNC(=O)c1ccc([N+](=O)[O-])o1. The summed E-state index contributed by atoms with van der Waals surface area (Å²) in [6.45, 7) is 2.23. The molecule has 1 atom stereocenters. The molecule has 0 saturated carbocycles. The number of nitrogens with one attached hydrogen (secondary N) is 1. The van der Waals surface area contributed by atoms with Crippen molar-refractivity contribution in [3.8, 4) is 0 Å². The fraction of sp³-hybridized carbons (Fsp3) is 0.444. The summed E-state index contributed by atoms with van der Waals surface area (Å²) in [5.74, 6) is -0.998. The Hall–Kier alpha value is -1.89. The van der Waals surface area contributed by atoms with Crippen LogP contribution in [-0.2, 0) is 0 Å². The third-order valence-electron chi connectivity index (χ3n) is 1.88. The third-order valence-corrected chi connectivity index (χ3v) is 1.88. The van der Waals surface area contributed by atoms with Gasteiger partial charge in [-0.15, -0.1) is 0 Å². The van der Waals surface area contributed by atoms with Crippen LogP contribution in [-0.4, -0.2) is 23.4 Å². The van der Waals surface area contributed by atoms with Crippen molar-refractivity contribution in [3.05, 3.63) is 28.0 Å². The lowest BCUT2D eigenvalue weighted by atomic mass is 10.2. The van der Waals surface area contributed by atoms with Gasteiger partial charge in [0, 0.05) is 12.6 Å². The average Bonchev–Trinajstić information content (AvgIpc) is 2.65. The number of nitro groups is 1. The molecule has 0 aliphatic rings. The number of carbonyl (C=O) groups excluding carboxylic acids is 1. The lowest BCUT2D eigenvalue weighted by molar-refractivity contribution is -0.402. The molecular weight excluding hydrogens is 214 g/mol. The molecular formula is C9H13N3O4. The molecule has 1 amide bonds. The van der Waals surface area contributed by atoms with Crippen LogP contribution in [0.4, 0.5) is 5.88 Å². The highest BCUT2D eigenvalue weighted by Crippen LogP contribution is 2.15. The number of carbonyl (C=O) groups is 1. The normalized spacial score (nSPS) is 12.1. The van der Waals surface area contributed by atoms with Gasteiger partial charge in [-0.1, -0.05) is 0 Å². The van der Waals surface area contributed by atoms with Gasteiger partial charge >= 0.3 is 5.88 Å². The summed E-state index contributed by atoms with van der Waals surface area (Å²) in [5, 5.41) is 12.9. The van der Waals surface area contributed by atoms with Crippen molar-refractivity contribution in [2.75, 3.05) is 6.54 Å². The number of hydrogen-bond donors (Lipinski definition) is 2. The highest BCUT2D eigenvalue weighted by atomic mass is 16.6. The minimum absolute atomic E-state index is 0.00811. The van der Waals surface area contributed by atoms with Crippen LogP contribution in [0.1, 0.15) is 23.9 Å². The van der Waals surface area contributed by atoms with E-state index in [2.05, 4.69) is 5.32 Å². The van der Waals surface area contributed by atoms with Crippen LogP contribution in [0.15, 0.2) is 16.5 Å². The molecule has 88 valence electrons. The first-order valence-corrected chi connectivity index (χ1v) is 4.78. The van der Waals surface area contributed by atoms with Gasteiger partial charge in [0.1, 0.15) is 4.92 Å². The monoisotopic (exact) mass is 227 g/mol. The van der Waals surface area contributed by atoms with Crippen molar-refractivity contribution < 1.29 is 14.1 Å². The van der Waals surface area contributed by atoms with E-state index in [1.807, 2.05) is 6.92 Å². The second-order valence-corrected chi connectivity index (χ2v) is 3.42. The van der Waals surface area contributed by atoms with Gasteiger partial charge in [-0.25, -0.2) is 0 Å². The Kier molecular flexibility index (Phi) is 4.01. The predicted octanol–water partition coefficient (Wildman–Crippen LogP) is 0.655. The number of nitrogens with two attached hydrogens (primary N) is 1. The Morgan fingerprint density at radius 2 is 2.38 bits per heavy atom. The summed E-state index contributed by atoms with van der Waals surface area (Å²) < 4.78 is 4.72. The van der Waals surface area contributed by atoms with Crippen LogP contribution in [0.5, 0.6) is 0 Å². The van der Waals surface area contributed by atoms with Crippen LogP contribution >= 0.6 is 0 Å². The maximum atomic E-state index is 11.4. The fourth-order valence-electron chi connectivity index (χ4n) is 1.05. The second kappa shape index (κ2) is 5.26. The van der Waals surface area contributed by atoms with Gasteiger partial charge in [0.25, 0.3) is 5.91 Å². The van der Waals surface area contributed by atoms with E-state index in [9.17, 15) is 14.9 Å². The van der Waals surface area contributed by atoms with Crippen LogP contribution < -0.4 is 11.1 Å². The molecule has 1 aromatic rings. The van der Waals surface area contributed by atoms with Crippen molar-refractivity contribution >= 4 is 11.8 Å². The predicted molar refractivity (Wildman–Crippen MR) is 56.0 cm³/mol. The van der Waals surface area contributed by atoms with Gasteiger partial charge in [-0.2, -0.15) is 0 Å². The standard InChI is InChI=1S/C9H13N3O4/c1-6(10)4-5-11-9(13)7-2-3-8(16-7)12(14)15/h2-3,6H,4-5,10H2,1H3,(H,11,13). The molecule has 7 nitrogen and oxygen atoms in total. The zero-order valence-electron chi connectivity index (χ0n) is 8.80. The topological polar surface area (TPSA) is 111 Å². The van der Waals surface area contributed by atoms with Gasteiger partial charge in [0.2, 0.25) is 0 Å². The largest absolute Gasteiger partial charge is 0.433 e. The van der Waals surface area contributed by atoms with E-state index >= 15 is 0 Å². The second-order valence-electron chi connectivity index (χ2n) is 3.42. The number of hydrogen-bond acceptors (Lipinski definition) is 5. The number of furan rings is 1. The van der Waals surface area contributed by atoms with Crippen LogP contribution in [0, 0.1) is 10.1 Å². The highest BCUT2D eigenvalue weighted by molar-refractivity contribution is 5.91. The number of amides is 1. The Bertz CT molecular complexity index is 386. The molecule has 3 N–H and O–H groups in total. The number of rotatable bonds is 5. The minimum Gasteiger partial charge on any atom is -0.395 e. The molecule has 0 aromatic carbocycles. The molecule has 1 aromatic heterocycles. The molecule has 0 saturated heterocycles. The van der Waals surface area contributed by atoms with Gasteiger partial charge < -0.3 is 15.5 Å². The highest BCUT2D eigenvalue weighted by Gasteiger charge is 2.16. The molecule has 0 fully saturated rings. The minimum atomic E-state index is -0.696. The Balaban J connectivity index is 2.50. The Morgan fingerprint density at radius 1 is 1.69 bits per heavy atom. The summed E-state index contributed by atoms with van der Waals surface area (Å²) in [7, 11) is 0. The molecule has 1 unspecified atom stereocenters. The summed E-state index contributed by atoms with van der Waals surface area (Å²) in [4.78, 5) is 21.0. The maximum absolute atomic E-state index is 11.4. The lowest BCUT2D eigenvalue weighted by Crippen LogP contribution is -2.28. The molecule has 0 radical (unpaired) electrons. The molecule has 16 heavy (non-hydrogen) atoms. The first-order valence-electron chi connectivity index (χ1n) is 4.78. The average molecular weight is 227 g/mol. The van der Waals surface area contributed by atoms with Gasteiger partial charge in [0.15, 0.2) is 5.76 Å². The molecule has 0 aliphatic carbocycles. The third kappa shape index (κ3) is 3.35. The van der Waals surface area contributed by atoms with E-state index in [1.54, 1.807) is 0 Å². The van der Waals surface area contributed by atoms with Gasteiger partial charge in [-0.05, 0) is 19.4 Å². The smallest absolute Gasteiger partial charge is 0.395 e. The van der Waals surface area contributed by atoms with Gasteiger partial charge in [-0.3, -0.25) is 14.9 Å². The quantitative estimate of drug-likeness (QED) is 0.566. The molecule has 1 rings (SSSR count). The fourth-order valence-corrected chi connectivity index (χ4v) is 1.05. The van der Waals surface area contributed by atoms with Crippen LogP contribution in [0.25, 0.3) is 0 Å². The first-order chi connectivity index (χ1) is 7.50. The van der Waals surface area contributed by atoms with E-state index < -0.39 is 16.7 Å². The van der Waals surface area contributed by atoms with Crippen molar-refractivity contribution in [1.82, 2.24) is 5.32 Å². The Labute approximate surface area is 91.8 Å². The van der Waals surface area contributed by atoms with Crippen LogP contribution in [0.3, 0.4) is 0 Å². The van der Waals surface area contributed by atoms with E-state index in [-0.39, 0.29) is 11.8 Å².